The minimum atomic E-state index is -0.564. The Morgan fingerprint density at radius 3 is 2.79 bits per heavy atom. The number of aromatic nitrogens is 2. The van der Waals surface area contributed by atoms with Gasteiger partial charge in [-0.05, 0) is 47.2 Å². The van der Waals surface area contributed by atoms with Gasteiger partial charge in [0.05, 0.1) is 31.3 Å². The molecular formula is C23H35N7O3. The van der Waals surface area contributed by atoms with Crippen LogP contribution in [-0.4, -0.2) is 83.4 Å². The molecule has 180 valence electrons. The van der Waals surface area contributed by atoms with Crippen LogP contribution in [0.2, 0.25) is 0 Å². The molecule has 10 heteroatoms. The molecule has 1 aromatic rings. The molecule has 0 radical (unpaired) electrons. The maximum atomic E-state index is 12.7. The number of likely N-dealkylation sites (tertiary alicyclic amines) is 1. The molecule has 10 nitrogen and oxygen atoms in total. The zero-order valence-corrected chi connectivity index (χ0v) is 20.1. The van der Waals surface area contributed by atoms with E-state index >= 15 is 0 Å². The number of carbonyl (C=O) groups excluding carboxylic acids is 1. The maximum absolute atomic E-state index is 12.7. The fourth-order valence-electron chi connectivity index (χ4n) is 4.62. The highest BCUT2D eigenvalue weighted by molar-refractivity contribution is 5.70. The number of hydrogen-bond acceptors (Lipinski definition) is 9. The summed E-state index contributed by atoms with van der Waals surface area (Å²) in [7, 11) is 2.12. The van der Waals surface area contributed by atoms with Gasteiger partial charge in [0.2, 0.25) is 0 Å². The van der Waals surface area contributed by atoms with Crippen molar-refractivity contribution in [3.05, 3.63) is 11.3 Å². The molecule has 4 rings (SSSR count). The summed E-state index contributed by atoms with van der Waals surface area (Å²) in [6, 6.07) is 3.05. The lowest BCUT2D eigenvalue weighted by Crippen LogP contribution is -2.51. The van der Waals surface area contributed by atoms with Gasteiger partial charge in [-0.15, -0.1) is 0 Å². The average Bonchev–Trinajstić information content (AvgIpc) is 3.37. The van der Waals surface area contributed by atoms with E-state index in [0.29, 0.717) is 44.7 Å². The van der Waals surface area contributed by atoms with E-state index in [1.165, 1.54) is 6.42 Å². The minimum Gasteiger partial charge on any atom is -0.462 e. The number of likely N-dealkylation sites (N-methyl/N-ethyl adjacent to an activating group) is 1. The van der Waals surface area contributed by atoms with Gasteiger partial charge in [-0.1, -0.05) is 0 Å². The van der Waals surface area contributed by atoms with Crippen molar-refractivity contribution in [1.82, 2.24) is 25.1 Å². The topological polar surface area (TPSA) is 107 Å². The Kier molecular flexibility index (Phi) is 6.91. The van der Waals surface area contributed by atoms with Crippen LogP contribution in [-0.2, 0) is 17.8 Å². The van der Waals surface area contributed by atoms with E-state index in [-0.39, 0.29) is 12.1 Å². The number of carbonyl (C=O) groups is 1. The third-order valence-electron chi connectivity index (χ3n) is 6.36. The SMILES string of the molecule is CN1CCC[C@H]1COc1nc2c(c(N3CCN[C@@H](CC#N)C3)n1)CN(C(=O)OC(C)(C)C)C2. The molecule has 0 unspecified atom stereocenters. The Morgan fingerprint density at radius 2 is 2.09 bits per heavy atom. The zero-order valence-electron chi connectivity index (χ0n) is 20.1. The van der Waals surface area contributed by atoms with Gasteiger partial charge in [0.15, 0.2) is 0 Å². The first-order chi connectivity index (χ1) is 15.7. The molecule has 2 atom stereocenters. The maximum Gasteiger partial charge on any atom is 0.410 e. The number of hydrogen-bond donors (Lipinski definition) is 1. The third-order valence-corrected chi connectivity index (χ3v) is 6.36. The number of ether oxygens (including phenoxy) is 2. The molecule has 0 aromatic carbocycles. The summed E-state index contributed by atoms with van der Waals surface area (Å²) in [4.78, 5) is 28.4. The number of fused-ring (bicyclic) bond motifs is 1. The number of rotatable bonds is 5. The highest BCUT2D eigenvalue weighted by atomic mass is 16.6. The van der Waals surface area contributed by atoms with Gasteiger partial charge in [-0.25, -0.2) is 4.79 Å². The summed E-state index contributed by atoms with van der Waals surface area (Å²) in [5.41, 5.74) is 1.17. The molecule has 0 saturated carbocycles. The van der Waals surface area contributed by atoms with Gasteiger partial charge >= 0.3 is 12.1 Å². The number of nitrogens with one attached hydrogen (secondary N) is 1. The normalized spacial score (nSPS) is 23.4. The summed E-state index contributed by atoms with van der Waals surface area (Å²) in [5, 5.41) is 12.5. The van der Waals surface area contributed by atoms with Crippen LogP contribution < -0.4 is 15.0 Å². The molecule has 1 N–H and O–H groups in total. The second kappa shape index (κ2) is 9.69. The smallest absolute Gasteiger partial charge is 0.410 e. The van der Waals surface area contributed by atoms with Crippen molar-refractivity contribution in [2.24, 2.45) is 0 Å². The first-order valence-electron chi connectivity index (χ1n) is 11.8. The third kappa shape index (κ3) is 5.65. The summed E-state index contributed by atoms with van der Waals surface area (Å²) in [6.45, 7) is 10.2. The van der Waals surface area contributed by atoms with Gasteiger partial charge in [0, 0.05) is 37.3 Å². The summed E-state index contributed by atoms with van der Waals surface area (Å²) < 4.78 is 11.7. The second-order valence-electron chi connectivity index (χ2n) is 10.1. The molecule has 0 bridgehead atoms. The molecule has 2 fully saturated rings. The Labute approximate surface area is 195 Å². The molecule has 3 aliphatic rings. The van der Waals surface area contributed by atoms with E-state index in [2.05, 4.69) is 33.2 Å². The molecule has 0 aliphatic carbocycles. The average molecular weight is 458 g/mol. The van der Waals surface area contributed by atoms with E-state index in [0.717, 1.165) is 43.1 Å². The Balaban J connectivity index is 1.57. The second-order valence-corrected chi connectivity index (χ2v) is 10.1. The van der Waals surface area contributed by atoms with E-state index in [1.54, 1.807) is 4.90 Å². The van der Waals surface area contributed by atoms with E-state index < -0.39 is 5.60 Å². The molecule has 33 heavy (non-hydrogen) atoms. The number of piperazine rings is 1. The van der Waals surface area contributed by atoms with Crippen molar-refractivity contribution in [3.63, 3.8) is 0 Å². The summed E-state index contributed by atoms with van der Waals surface area (Å²) in [6.07, 6.45) is 2.36. The molecule has 3 aliphatic heterocycles. The summed E-state index contributed by atoms with van der Waals surface area (Å²) >= 11 is 0. The van der Waals surface area contributed by atoms with Crippen LogP contribution in [0.4, 0.5) is 10.6 Å². The van der Waals surface area contributed by atoms with Crippen molar-refractivity contribution < 1.29 is 14.3 Å². The van der Waals surface area contributed by atoms with Crippen molar-refractivity contribution in [2.75, 3.05) is 44.7 Å². The number of amides is 1. The van der Waals surface area contributed by atoms with Crippen LogP contribution in [0, 0.1) is 11.3 Å². The molecule has 1 aromatic heterocycles. The minimum absolute atomic E-state index is 0.0780. The lowest BCUT2D eigenvalue weighted by molar-refractivity contribution is 0.0240. The standard InChI is InChI=1S/C23H35N7O3/c1-23(2,3)33-22(31)30-13-18-19(14-30)26-21(32-15-17-6-5-10-28(17)4)27-20(18)29-11-9-25-16(12-29)7-8-24/h16-17,25H,5-7,9-15H2,1-4H3/t16-,17-/m0/s1. The van der Waals surface area contributed by atoms with Crippen LogP contribution in [0.5, 0.6) is 6.01 Å². The van der Waals surface area contributed by atoms with Gasteiger partial charge in [-0.2, -0.15) is 15.2 Å². The lowest BCUT2D eigenvalue weighted by atomic mass is 10.1. The molecular weight excluding hydrogens is 422 g/mol. The molecule has 1 amide bonds. The number of nitriles is 1. The van der Waals surface area contributed by atoms with Crippen LogP contribution in [0.25, 0.3) is 0 Å². The zero-order chi connectivity index (χ0) is 23.6. The first kappa shape index (κ1) is 23.5. The highest BCUT2D eigenvalue weighted by Crippen LogP contribution is 2.33. The predicted octanol–water partition coefficient (Wildman–Crippen LogP) is 1.89. The van der Waals surface area contributed by atoms with Crippen molar-refractivity contribution in [1.29, 1.82) is 5.26 Å². The molecule has 2 saturated heterocycles. The Bertz CT molecular complexity index is 911. The Hall–Kier alpha value is -2.64. The van der Waals surface area contributed by atoms with Crippen molar-refractivity contribution in [2.45, 2.75) is 70.8 Å². The van der Waals surface area contributed by atoms with Gasteiger partial charge < -0.3 is 24.6 Å². The van der Waals surface area contributed by atoms with Crippen LogP contribution in [0.15, 0.2) is 0 Å². The highest BCUT2D eigenvalue weighted by Gasteiger charge is 2.34. The molecule has 4 heterocycles. The summed E-state index contributed by atoms with van der Waals surface area (Å²) in [5.74, 6) is 0.797. The van der Waals surface area contributed by atoms with Crippen molar-refractivity contribution >= 4 is 11.9 Å². The molecule has 0 spiro atoms. The Morgan fingerprint density at radius 1 is 1.27 bits per heavy atom. The van der Waals surface area contributed by atoms with Gasteiger partial charge in [0.25, 0.3) is 0 Å². The van der Waals surface area contributed by atoms with Crippen molar-refractivity contribution in [3.8, 4) is 12.1 Å². The lowest BCUT2D eigenvalue weighted by Gasteiger charge is -2.34. The monoisotopic (exact) mass is 457 g/mol. The van der Waals surface area contributed by atoms with Gasteiger partial charge in [-0.3, -0.25) is 4.90 Å². The van der Waals surface area contributed by atoms with Gasteiger partial charge in [0.1, 0.15) is 18.0 Å². The fourth-order valence-corrected chi connectivity index (χ4v) is 4.62. The van der Waals surface area contributed by atoms with E-state index in [9.17, 15) is 4.79 Å². The fraction of sp³-hybridized carbons (Fsp3) is 0.739. The quantitative estimate of drug-likeness (QED) is 0.709. The number of nitrogens with zero attached hydrogens (tertiary/aromatic N) is 6. The van der Waals surface area contributed by atoms with Crippen LogP contribution >= 0.6 is 0 Å². The van der Waals surface area contributed by atoms with E-state index in [1.807, 2.05) is 20.8 Å². The van der Waals surface area contributed by atoms with Crippen LogP contribution in [0.3, 0.4) is 0 Å². The van der Waals surface area contributed by atoms with Crippen LogP contribution in [0.1, 0.15) is 51.3 Å². The predicted molar refractivity (Wildman–Crippen MR) is 123 cm³/mol. The number of anilines is 1. The largest absolute Gasteiger partial charge is 0.462 e. The first-order valence-corrected chi connectivity index (χ1v) is 11.8. The van der Waals surface area contributed by atoms with E-state index in [4.69, 9.17) is 19.7 Å².